The molecule has 1 amide bonds. The number of imidazole rings is 1. The standard InChI is InChI=1S/C23H28IN7O5/c1-2-26-21(35)18-17(34)15(24)22(36-18)31-11-28-16-19(25)29-23(30-20(16)31)27-10-9-13-5-3-12(4-6-13)7-8-14(32)33/h3-6,11,15,17-18,22,34H,2,7-10H2,1H3,(H,26,35)(H,32,33)(H3,25,27,29,30)/t15-,17+,18+,22-/m1/s1. The quantitative estimate of drug-likeness (QED) is 0.166. The Morgan fingerprint density at radius 1 is 1.19 bits per heavy atom. The van der Waals surface area contributed by atoms with Crippen LogP contribution in [0.4, 0.5) is 11.8 Å². The van der Waals surface area contributed by atoms with Gasteiger partial charge >= 0.3 is 5.97 Å². The summed E-state index contributed by atoms with van der Waals surface area (Å²) >= 11 is 2.06. The van der Waals surface area contributed by atoms with Gasteiger partial charge in [0, 0.05) is 19.5 Å². The molecular weight excluding hydrogens is 581 g/mol. The molecular formula is C23H28IN7O5. The largest absolute Gasteiger partial charge is 0.481 e. The average molecular weight is 609 g/mol. The van der Waals surface area contributed by atoms with Crippen molar-refractivity contribution in [3.63, 3.8) is 0 Å². The van der Waals surface area contributed by atoms with Crippen LogP contribution in [0, 0.1) is 0 Å². The summed E-state index contributed by atoms with van der Waals surface area (Å²) in [6.07, 6.45) is 0.164. The van der Waals surface area contributed by atoms with E-state index in [9.17, 15) is 14.7 Å². The first-order valence-electron chi connectivity index (χ1n) is 11.6. The second-order valence-electron chi connectivity index (χ2n) is 8.42. The number of amides is 1. The zero-order chi connectivity index (χ0) is 25.8. The van der Waals surface area contributed by atoms with E-state index in [2.05, 4.69) is 48.2 Å². The summed E-state index contributed by atoms with van der Waals surface area (Å²) in [5.41, 5.74) is 9.03. The minimum atomic E-state index is -0.999. The lowest BCUT2D eigenvalue weighted by atomic mass is 10.1. The SMILES string of the molecule is CCNC(=O)[C@H]1O[C@@H](n2cnc3c(N)nc(NCCc4ccc(CCC(=O)O)cc4)nc32)[C@H](I)[C@@H]1O. The van der Waals surface area contributed by atoms with Crippen molar-refractivity contribution in [1.82, 2.24) is 24.8 Å². The Bertz CT molecular complexity index is 1240. The zero-order valence-electron chi connectivity index (χ0n) is 19.6. The molecule has 12 nitrogen and oxygen atoms in total. The molecule has 1 aliphatic heterocycles. The first-order valence-corrected chi connectivity index (χ1v) is 12.8. The number of nitrogen functional groups attached to an aromatic ring is 1. The Balaban J connectivity index is 1.45. The minimum Gasteiger partial charge on any atom is -0.481 e. The van der Waals surface area contributed by atoms with E-state index in [1.54, 1.807) is 11.5 Å². The molecule has 1 fully saturated rings. The van der Waals surface area contributed by atoms with Crippen molar-refractivity contribution in [2.45, 2.75) is 48.5 Å². The first kappa shape index (κ1) is 26.0. The highest BCUT2D eigenvalue weighted by Crippen LogP contribution is 2.37. The summed E-state index contributed by atoms with van der Waals surface area (Å²) in [7, 11) is 0. The third-order valence-corrected chi connectivity index (χ3v) is 7.23. The van der Waals surface area contributed by atoms with Crippen LogP contribution in [0.15, 0.2) is 30.6 Å². The number of fused-ring (bicyclic) bond motifs is 1. The maximum atomic E-state index is 12.3. The third kappa shape index (κ3) is 5.68. The average Bonchev–Trinajstić information content (AvgIpc) is 3.40. The number of halogens is 1. The maximum absolute atomic E-state index is 12.3. The highest BCUT2D eigenvalue weighted by Gasteiger charge is 2.47. The number of ether oxygens (including phenoxy) is 1. The number of carboxylic acids is 1. The minimum absolute atomic E-state index is 0.106. The fourth-order valence-electron chi connectivity index (χ4n) is 4.00. The van der Waals surface area contributed by atoms with Gasteiger partial charge in [0.25, 0.3) is 5.91 Å². The van der Waals surface area contributed by atoms with E-state index in [-0.39, 0.29) is 18.1 Å². The highest BCUT2D eigenvalue weighted by atomic mass is 127. The zero-order valence-corrected chi connectivity index (χ0v) is 21.8. The van der Waals surface area contributed by atoms with Gasteiger partial charge in [-0.05, 0) is 30.9 Å². The Kier molecular flexibility index (Phi) is 8.21. The van der Waals surface area contributed by atoms with Crippen LogP contribution in [0.2, 0.25) is 0 Å². The number of carbonyl (C=O) groups excluding carboxylic acids is 1. The van der Waals surface area contributed by atoms with Gasteiger partial charge in [0.1, 0.15) is 11.6 Å². The smallest absolute Gasteiger partial charge is 0.303 e. The van der Waals surface area contributed by atoms with Crippen molar-refractivity contribution < 1.29 is 24.5 Å². The van der Waals surface area contributed by atoms with Gasteiger partial charge in [0.2, 0.25) is 5.95 Å². The van der Waals surface area contributed by atoms with Crippen molar-refractivity contribution >= 4 is 57.4 Å². The number of hydrogen-bond donors (Lipinski definition) is 5. The van der Waals surface area contributed by atoms with Crippen molar-refractivity contribution in [3.05, 3.63) is 41.7 Å². The molecule has 0 radical (unpaired) electrons. The van der Waals surface area contributed by atoms with Gasteiger partial charge in [0.15, 0.2) is 23.8 Å². The first-order chi connectivity index (χ1) is 17.3. The Labute approximate surface area is 220 Å². The van der Waals surface area contributed by atoms with E-state index in [4.69, 9.17) is 15.6 Å². The monoisotopic (exact) mass is 609 g/mol. The summed E-state index contributed by atoms with van der Waals surface area (Å²) in [6.45, 7) is 2.78. The van der Waals surface area contributed by atoms with Crippen LogP contribution in [-0.4, -0.2) is 70.8 Å². The topological polar surface area (TPSA) is 178 Å². The number of carboxylic acid groups (broad SMARTS) is 1. The molecule has 2 aromatic heterocycles. The number of nitrogens with zero attached hydrogens (tertiary/aromatic N) is 4. The number of anilines is 2. The lowest BCUT2D eigenvalue weighted by Gasteiger charge is -2.16. The number of benzene rings is 1. The molecule has 4 atom stereocenters. The van der Waals surface area contributed by atoms with Crippen molar-refractivity contribution in [2.24, 2.45) is 0 Å². The van der Waals surface area contributed by atoms with E-state index < -0.39 is 28.3 Å². The molecule has 0 bridgehead atoms. The van der Waals surface area contributed by atoms with Crippen LogP contribution in [0.5, 0.6) is 0 Å². The van der Waals surface area contributed by atoms with Gasteiger partial charge in [-0.3, -0.25) is 14.2 Å². The molecule has 0 unspecified atom stereocenters. The predicted octanol–water partition coefficient (Wildman–Crippen LogP) is 1.28. The number of aryl methyl sites for hydroxylation is 1. The number of rotatable bonds is 10. The molecule has 1 aliphatic rings. The number of nitrogens with two attached hydrogens (primary N) is 1. The number of nitrogens with one attached hydrogen (secondary N) is 2. The molecule has 36 heavy (non-hydrogen) atoms. The number of aromatic nitrogens is 4. The van der Waals surface area contributed by atoms with Gasteiger partial charge in [-0.1, -0.05) is 46.9 Å². The molecule has 0 aliphatic carbocycles. The molecule has 4 rings (SSSR count). The second kappa shape index (κ2) is 11.3. The number of aliphatic hydroxyl groups excluding tert-OH is 1. The van der Waals surface area contributed by atoms with Crippen molar-refractivity contribution in [2.75, 3.05) is 24.1 Å². The van der Waals surface area contributed by atoms with Crippen LogP contribution >= 0.6 is 22.6 Å². The third-order valence-electron chi connectivity index (χ3n) is 5.87. The fraction of sp³-hybridized carbons (Fsp3) is 0.435. The number of aliphatic hydroxyl groups is 1. The molecule has 0 spiro atoms. The summed E-state index contributed by atoms with van der Waals surface area (Å²) in [5.74, 6) is -0.658. The molecule has 192 valence electrons. The fourth-order valence-corrected chi connectivity index (χ4v) is 4.89. The number of likely N-dealkylation sites (N-methyl/N-ethyl adjacent to an activating group) is 1. The number of hydrogen-bond acceptors (Lipinski definition) is 9. The van der Waals surface area contributed by atoms with E-state index in [0.717, 1.165) is 11.1 Å². The van der Waals surface area contributed by atoms with Gasteiger partial charge in [-0.2, -0.15) is 9.97 Å². The summed E-state index contributed by atoms with van der Waals surface area (Å²) in [5, 5.41) is 25.2. The summed E-state index contributed by atoms with van der Waals surface area (Å²) < 4.78 is 7.15. The van der Waals surface area contributed by atoms with Gasteiger partial charge in [0.05, 0.1) is 10.3 Å². The maximum Gasteiger partial charge on any atom is 0.303 e. The molecule has 0 saturated carbocycles. The normalized spacial score (nSPS) is 21.5. The Morgan fingerprint density at radius 3 is 2.56 bits per heavy atom. The molecule has 13 heteroatoms. The van der Waals surface area contributed by atoms with E-state index in [0.29, 0.717) is 43.0 Å². The van der Waals surface area contributed by atoms with Crippen molar-refractivity contribution in [1.29, 1.82) is 0 Å². The van der Waals surface area contributed by atoms with Crippen LogP contribution < -0.4 is 16.4 Å². The number of alkyl halides is 1. The predicted molar refractivity (Wildman–Crippen MR) is 141 cm³/mol. The molecule has 1 saturated heterocycles. The van der Waals surface area contributed by atoms with Gasteiger partial charge in [-0.25, -0.2) is 4.98 Å². The van der Waals surface area contributed by atoms with Crippen LogP contribution in [-0.2, 0) is 27.2 Å². The Hall–Kier alpha value is -3.04. The highest BCUT2D eigenvalue weighted by molar-refractivity contribution is 14.1. The molecule has 1 aromatic carbocycles. The van der Waals surface area contributed by atoms with E-state index in [1.165, 1.54) is 6.33 Å². The van der Waals surface area contributed by atoms with Crippen LogP contribution in [0.1, 0.15) is 30.7 Å². The molecule has 3 heterocycles. The van der Waals surface area contributed by atoms with Crippen molar-refractivity contribution in [3.8, 4) is 0 Å². The lowest BCUT2D eigenvalue weighted by molar-refractivity contribution is -0.138. The number of aliphatic carboxylic acids is 1. The van der Waals surface area contributed by atoms with E-state index in [1.807, 2.05) is 24.3 Å². The van der Waals surface area contributed by atoms with Crippen LogP contribution in [0.3, 0.4) is 0 Å². The summed E-state index contributed by atoms with van der Waals surface area (Å²) in [4.78, 5) is 36.2. The second-order valence-corrected chi connectivity index (χ2v) is 9.86. The lowest BCUT2D eigenvalue weighted by Crippen LogP contribution is -2.41. The number of carbonyl (C=O) groups is 2. The van der Waals surface area contributed by atoms with Crippen LogP contribution in [0.25, 0.3) is 11.2 Å². The summed E-state index contributed by atoms with van der Waals surface area (Å²) in [6, 6.07) is 7.81. The van der Waals surface area contributed by atoms with Gasteiger partial charge in [-0.15, -0.1) is 0 Å². The molecule has 6 N–H and O–H groups in total. The molecule has 3 aromatic rings. The Morgan fingerprint density at radius 2 is 1.89 bits per heavy atom. The van der Waals surface area contributed by atoms with Gasteiger partial charge < -0.3 is 31.3 Å². The van der Waals surface area contributed by atoms with E-state index >= 15 is 0 Å².